The van der Waals surface area contributed by atoms with Crippen LogP contribution in [0.2, 0.25) is 10.0 Å². The predicted molar refractivity (Wildman–Crippen MR) is 111 cm³/mol. The first-order chi connectivity index (χ1) is 12.6. The predicted octanol–water partition coefficient (Wildman–Crippen LogP) is 3.53. The lowest BCUT2D eigenvalue weighted by atomic mass is 10.1. The first-order valence-electron chi connectivity index (χ1n) is 7.88. The quantitative estimate of drug-likeness (QED) is 0.494. The number of hydrogen-bond donors (Lipinski definition) is 4. The summed E-state index contributed by atoms with van der Waals surface area (Å²) in [6.45, 7) is 3.54. The Morgan fingerprint density at radius 1 is 1.30 bits per heavy atom. The summed E-state index contributed by atoms with van der Waals surface area (Å²) in [4.78, 5) is 21.3. The highest BCUT2D eigenvalue weighted by Gasteiger charge is 2.22. The van der Waals surface area contributed by atoms with Crippen LogP contribution in [0, 0.1) is 0 Å². The third-order valence-electron chi connectivity index (χ3n) is 3.68. The summed E-state index contributed by atoms with van der Waals surface area (Å²) >= 11 is 13.2. The summed E-state index contributed by atoms with van der Waals surface area (Å²) in [5.74, 6) is -0.357. The number of aliphatic hydroxyl groups is 1. The van der Waals surface area contributed by atoms with Crippen molar-refractivity contribution in [3.63, 3.8) is 0 Å². The summed E-state index contributed by atoms with van der Waals surface area (Å²) in [5, 5.41) is 14.2. The topological polar surface area (TPSA) is 127 Å². The van der Waals surface area contributed by atoms with Crippen LogP contribution in [0.15, 0.2) is 18.2 Å². The average molecular weight is 426 g/mol. The van der Waals surface area contributed by atoms with Gasteiger partial charge in [-0.2, -0.15) is 0 Å². The number of aromatic nitrogens is 2. The van der Waals surface area contributed by atoms with Crippen LogP contribution in [0.5, 0.6) is 0 Å². The largest absolute Gasteiger partial charge is 0.397 e. The molecule has 2 aromatic heterocycles. The molecule has 142 valence electrons. The Bertz CT molecular complexity index is 1050. The van der Waals surface area contributed by atoms with Crippen molar-refractivity contribution in [1.29, 1.82) is 0 Å². The number of halogens is 2. The first kappa shape index (κ1) is 19.6. The van der Waals surface area contributed by atoms with E-state index in [9.17, 15) is 9.90 Å². The number of hydrogen-bond acceptors (Lipinski definition) is 7. The van der Waals surface area contributed by atoms with Gasteiger partial charge in [-0.1, -0.05) is 29.3 Å². The van der Waals surface area contributed by atoms with Gasteiger partial charge in [0.1, 0.15) is 9.71 Å². The number of fused-ring (bicyclic) bond motifs is 1. The van der Waals surface area contributed by atoms with Gasteiger partial charge in [0.15, 0.2) is 0 Å². The minimum atomic E-state index is -0.963. The molecule has 10 heteroatoms. The number of anilines is 2. The normalized spacial score (nSPS) is 11.7. The molecule has 0 aliphatic carbocycles. The van der Waals surface area contributed by atoms with Gasteiger partial charge in [-0.25, -0.2) is 9.97 Å². The van der Waals surface area contributed by atoms with Gasteiger partial charge in [0.05, 0.1) is 32.4 Å². The molecule has 1 amide bonds. The minimum Gasteiger partial charge on any atom is -0.397 e. The van der Waals surface area contributed by atoms with Crippen LogP contribution in [-0.4, -0.2) is 33.1 Å². The van der Waals surface area contributed by atoms with E-state index in [1.807, 2.05) is 0 Å². The molecule has 7 nitrogen and oxygen atoms in total. The maximum absolute atomic E-state index is 11.7. The number of amides is 1. The molecule has 0 spiro atoms. The van der Waals surface area contributed by atoms with Crippen molar-refractivity contribution in [2.24, 2.45) is 5.73 Å². The maximum atomic E-state index is 11.7. The lowest BCUT2D eigenvalue weighted by Crippen LogP contribution is -2.29. The Hall–Kier alpha value is -2.13. The number of carbonyl (C=O) groups excluding carboxylic acids is 1. The van der Waals surface area contributed by atoms with Crippen LogP contribution in [0.1, 0.15) is 23.5 Å². The molecule has 3 rings (SSSR count). The summed E-state index contributed by atoms with van der Waals surface area (Å²) in [7, 11) is 0. The van der Waals surface area contributed by atoms with E-state index in [1.165, 1.54) is 0 Å². The zero-order chi connectivity index (χ0) is 19.9. The number of rotatable bonds is 5. The first-order valence-corrected chi connectivity index (χ1v) is 9.45. The lowest BCUT2D eigenvalue weighted by molar-refractivity contribution is 0.0942. The average Bonchev–Trinajstić information content (AvgIpc) is 2.91. The van der Waals surface area contributed by atoms with E-state index in [4.69, 9.17) is 34.7 Å². The molecule has 1 aromatic carbocycles. The highest BCUT2D eigenvalue weighted by Crippen LogP contribution is 2.40. The maximum Gasteiger partial charge on any atom is 0.260 e. The molecule has 0 atom stereocenters. The van der Waals surface area contributed by atoms with Crippen molar-refractivity contribution >= 4 is 62.3 Å². The van der Waals surface area contributed by atoms with Crippen molar-refractivity contribution in [2.75, 3.05) is 17.6 Å². The van der Waals surface area contributed by atoms with Crippen LogP contribution in [-0.2, 0) is 0 Å². The number of thiophene rings is 1. The third-order valence-corrected chi connectivity index (χ3v) is 5.54. The number of nitrogens with zero attached hydrogens (tertiary/aromatic N) is 2. The summed E-state index contributed by atoms with van der Waals surface area (Å²) in [6.07, 6.45) is 0. The van der Waals surface area contributed by atoms with Gasteiger partial charge in [-0.15, -0.1) is 11.3 Å². The third kappa shape index (κ3) is 4.08. The number of nitrogens with two attached hydrogens (primary N) is 2. The van der Waals surface area contributed by atoms with E-state index in [1.54, 1.807) is 32.0 Å². The van der Waals surface area contributed by atoms with Gasteiger partial charge in [-0.3, -0.25) is 4.79 Å². The molecule has 2 heterocycles. The fraction of sp³-hybridized carbons (Fsp3) is 0.235. The van der Waals surface area contributed by atoms with Crippen molar-refractivity contribution in [3.05, 3.63) is 33.1 Å². The van der Waals surface area contributed by atoms with Crippen molar-refractivity contribution < 1.29 is 9.90 Å². The van der Waals surface area contributed by atoms with Crippen LogP contribution in [0.4, 0.5) is 11.6 Å². The van der Waals surface area contributed by atoms with E-state index in [2.05, 4.69) is 15.3 Å². The smallest absolute Gasteiger partial charge is 0.260 e. The number of nitrogen functional groups attached to an aromatic ring is 1. The van der Waals surface area contributed by atoms with Crippen LogP contribution in [0.25, 0.3) is 21.5 Å². The molecule has 0 saturated heterocycles. The van der Waals surface area contributed by atoms with Crippen molar-refractivity contribution in [3.8, 4) is 11.3 Å². The monoisotopic (exact) mass is 425 g/mol. The molecule has 6 N–H and O–H groups in total. The van der Waals surface area contributed by atoms with Gasteiger partial charge in [0, 0.05) is 12.1 Å². The second kappa shape index (κ2) is 7.12. The molecule has 3 aromatic rings. The zero-order valence-corrected chi connectivity index (χ0v) is 16.8. The van der Waals surface area contributed by atoms with E-state index >= 15 is 0 Å². The van der Waals surface area contributed by atoms with E-state index < -0.39 is 11.5 Å². The minimum absolute atomic E-state index is 0.209. The second-order valence-electron chi connectivity index (χ2n) is 6.58. The van der Waals surface area contributed by atoms with Gasteiger partial charge in [-0.05, 0) is 26.0 Å². The van der Waals surface area contributed by atoms with E-state index in [0.717, 1.165) is 11.3 Å². The lowest BCUT2D eigenvalue weighted by Gasteiger charge is -2.18. The Morgan fingerprint density at radius 2 is 2.00 bits per heavy atom. The van der Waals surface area contributed by atoms with E-state index in [-0.39, 0.29) is 23.1 Å². The highest BCUT2D eigenvalue weighted by atomic mass is 35.5. The van der Waals surface area contributed by atoms with Crippen LogP contribution in [0.3, 0.4) is 0 Å². The molecule has 0 radical (unpaired) electrons. The Balaban J connectivity index is 2.23. The Kier molecular flexibility index (Phi) is 5.18. The molecule has 0 saturated carbocycles. The molecule has 27 heavy (non-hydrogen) atoms. The van der Waals surface area contributed by atoms with Gasteiger partial charge < -0.3 is 21.9 Å². The highest BCUT2D eigenvalue weighted by molar-refractivity contribution is 7.21. The Morgan fingerprint density at radius 3 is 2.59 bits per heavy atom. The number of carbonyl (C=O) groups is 1. The van der Waals surface area contributed by atoms with Crippen molar-refractivity contribution in [1.82, 2.24) is 9.97 Å². The standard InChI is InChI=1S/C17H17Cl2N5O2S/c1-17(2,26)6-22-16-23-12(7-3-4-8(18)9(19)5-7)10-11(20)13(14(21)25)27-15(10)24-16/h3-5,26H,6,20H2,1-2H3,(H2,21,25)(H,22,23,24). The fourth-order valence-electron chi connectivity index (χ4n) is 2.43. The molecule has 0 fully saturated rings. The molecular weight excluding hydrogens is 409 g/mol. The van der Waals surface area contributed by atoms with Gasteiger partial charge in [0.2, 0.25) is 5.95 Å². The van der Waals surface area contributed by atoms with Gasteiger partial charge in [0.25, 0.3) is 5.91 Å². The van der Waals surface area contributed by atoms with Crippen molar-refractivity contribution in [2.45, 2.75) is 19.4 Å². The van der Waals surface area contributed by atoms with E-state index in [0.29, 0.717) is 31.5 Å². The summed E-state index contributed by atoms with van der Waals surface area (Å²) in [6, 6.07) is 5.05. The van der Waals surface area contributed by atoms with Gasteiger partial charge >= 0.3 is 0 Å². The molecule has 0 unspecified atom stereocenters. The van der Waals surface area contributed by atoms with Crippen LogP contribution >= 0.6 is 34.5 Å². The number of primary amides is 1. The SMILES string of the molecule is CC(C)(O)CNc1nc(-c2ccc(Cl)c(Cl)c2)c2c(N)c(C(N)=O)sc2n1. The summed E-state index contributed by atoms with van der Waals surface area (Å²) < 4.78 is 0. The zero-order valence-electron chi connectivity index (χ0n) is 14.5. The second-order valence-corrected chi connectivity index (χ2v) is 8.39. The number of nitrogens with one attached hydrogen (secondary N) is 1. The summed E-state index contributed by atoms with van der Waals surface area (Å²) in [5.41, 5.74) is 12.0. The number of benzene rings is 1. The molecule has 0 aliphatic rings. The molecule has 0 bridgehead atoms. The fourth-order valence-corrected chi connectivity index (χ4v) is 3.68. The Labute approximate surface area is 169 Å². The molecular formula is C17H17Cl2N5O2S. The van der Waals surface area contributed by atoms with Crippen LogP contribution < -0.4 is 16.8 Å². The molecule has 0 aliphatic heterocycles.